The van der Waals surface area contributed by atoms with Crippen LogP contribution < -0.4 is 10.6 Å². The summed E-state index contributed by atoms with van der Waals surface area (Å²) in [7, 11) is 0. The molecule has 2 N–H and O–H groups in total. The van der Waals surface area contributed by atoms with Gasteiger partial charge in [0.15, 0.2) is 0 Å². The molecule has 1 amide bonds. The molecular formula is C16H24N2O. The number of nitrogens with one attached hydrogen (secondary N) is 2. The second kappa shape index (κ2) is 6.71. The molecule has 19 heavy (non-hydrogen) atoms. The zero-order valence-electron chi connectivity index (χ0n) is 11.9. The van der Waals surface area contributed by atoms with E-state index in [2.05, 4.69) is 41.8 Å². The molecule has 2 unspecified atom stereocenters. The molecule has 104 valence electrons. The van der Waals surface area contributed by atoms with Crippen molar-refractivity contribution in [3.63, 3.8) is 0 Å². The van der Waals surface area contributed by atoms with Gasteiger partial charge in [-0.25, -0.2) is 0 Å². The molecule has 1 aliphatic carbocycles. The molecule has 2 atom stereocenters. The third-order valence-corrected chi connectivity index (χ3v) is 3.85. The molecule has 0 saturated carbocycles. The zero-order valence-corrected chi connectivity index (χ0v) is 11.9. The van der Waals surface area contributed by atoms with E-state index in [4.69, 9.17) is 0 Å². The van der Waals surface area contributed by atoms with E-state index in [-0.39, 0.29) is 11.9 Å². The fourth-order valence-corrected chi connectivity index (χ4v) is 2.50. The first-order valence-corrected chi connectivity index (χ1v) is 7.31. The average molecular weight is 260 g/mol. The number of benzene rings is 1. The Hall–Kier alpha value is -1.35. The summed E-state index contributed by atoms with van der Waals surface area (Å²) in [4.78, 5) is 11.8. The molecule has 0 spiro atoms. The number of hydrogen-bond donors (Lipinski definition) is 2. The quantitative estimate of drug-likeness (QED) is 0.738. The second-order valence-electron chi connectivity index (χ2n) is 5.37. The van der Waals surface area contributed by atoms with Gasteiger partial charge in [-0.2, -0.15) is 0 Å². The predicted octanol–water partition coefficient (Wildman–Crippen LogP) is 2.22. The van der Waals surface area contributed by atoms with Crippen molar-refractivity contribution < 1.29 is 4.79 Å². The Balaban J connectivity index is 1.70. The van der Waals surface area contributed by atoms with Crippen molar-refractivity contribution in [2.45, 2.75) is 45.1 Å². The van der Waals surface area contributed by atoms with E-state index in [0.717, 1.165) is 32.4 Å². The lowest BCUT2D eigenvalue weighted by Gasteiger charge is -2.31. The molecule has 0 radical (unpaired) electrons. The van der Waals surface area contributed by atoms with Crippen LogP contribution >= 0.6 is 0 Å². The minimum Gasteiger partial charge on any atom is -0.355 e. The number of carbonyl (C=O) groups is 1. The third-order valence-electron chi connectivity index (χ3n) is 3.85. The van der Waals surface area contributed by atoms with E-state index in [1.807, 2.05) is 6.92 Å². The van der Waals surface area contributed by atoms with E-state index in [9.17, 15) is 4.79 Å². The van der Waals surface area contributed by atoms with Crippen LogP contribution in [-0.2, 0) is 11.2 Å². The van der Waals surface area contributed by atoms with Crippen LogP contribution in [0.15, 0.2) is 24.3 Å². The number of fused-ring (bicyclic) bond motifs is 1. The Morgan fingerprint density at radius 1 is 1.42 bits per heavy atom. The number of unbranched alkanes of at least 4 members (excludes halogenated alkanes) is 1. The van der Waals surface area contributed by atoms with Crippen LogP contribution in [0.5, 0.6) is 0 Å². The molecule has 0 heterocycles. The topological polar surface area (TPSA) is 41.1 Å². The molecule has 3 nitrogen and oxygen atoms in total. The van der Waals surface area contributed by atoms with Gasteiger partial charge < -0.3 is 10.6 Å². The van der Waals surface area contributed by atoms with Crippen molar-refractivity contribution in [1.29, 1.82) is 0 Å². The van der Waals surface area contributed by atoms with E-state index in [1.54, 1.807) is 0 Å². The molecule has 0 aliphatic heterocycles. The summed E-state index contributed by atoms with van der Waals surface area (Å²) in [6.07, 6.45) is 3.29. The third kappa shape index (κ3) is 3.57. The minimum absolute atomic E-state index is 0.107. The van der Waals surface area contributed by atoms with Gasteiger partial charge in [-0.3, -0.25) is 4.79 Å². The van der Waals surface area contributed by atoms with Crippen LogP contribution in [0.1, 0.15) is 43.7 Å². The van der Waals surface area contributed by atoms with Gasteiger partial charge in [0.05, 0.1) is 6.04 Å². The first-order valence-electron chi connectivity index (χ1n) is 7.31. The average Bonchev–Trinajstić information content (AvgIpc) is 2.39. The maximum Gasteiger partial charge on any atom is 0.236 e. The predicted molar refractivity (Wildman–Crippen MR) is 78.3 cm³/mol. The van der Waals surface area contributed by atoms with Crippen molar-refractivity contribution in [3.05, 3.63) is 35.4 Å². The molecule has 1 aromatic carbocycles. The van der Waals surface area contributed by atoms with E-state index >= 15 is 0 Å². The monoisotopic (exact) mass is 260 g/mol. The Morgan fingerprint density at radius 3 is 2.95 bits per heavy atom. The molecular weight excluding hydrogens is 236 g/mol. The van der Waals surface area contributed by atoms with Crippen LogP contribution in [0.25, 0.3) is 0 Å². The van der Waals surface area contributed by atoms with E-state index in [1.165, 1.54) is 11.1 Å². The molecule has 0 aromatic heterocycles. The first kappa shape index (κ1) is 14.1. The Bertz CT molecular complexity index is 431. The fraction of sp³-hybridized carbons (Fsp3) is 0.562. The summed E-state index contributed by atoms with van der Waals surface area (Å²) in [5.74, 6) is 0.683. The highest BCUT2D eigenvalue weighted by molar-refractivity contribution is 5.81. The standard InChI is InChI=1S/C16H24N2O/c1-3-4-9-17-16(19)12(2)18-11-14-10-13-7-5-6-8-15(13)14/h5-8,12,14,18H,3-4,9-11H2,1-2H3,(H,17,19). The highest BCUT2D eigenvalue weighted by Gasteiger charge is 2.25. The van der Waals surface area contributed by atoms with Gasteiger partial charge in [-0.1, -0.05) is 37.6 Å². The molecule has 0 saturated heterocycles. The number of hydrogen-bond acceptors (Lipinski definition) is 2. The molecule has 2 rings (SSSR count). The molecule has 3 heteroatoms. The molecule has 1 aromatic rings. The van der Waals surface area contributed by atoms with Gasteiger partial charge in [0.2, 0.25) is 5.91 Å². The fourth-order valence-electron chi connectivity index (χ4n) is 2.50. The van der Waals surface area contributed by atoms with Crippen LogP contribution in [0.3, 0.4) is 0 Å². The lowest BCUT2D eigenvalue weighted by atomic mass is 9.77. The summed E-state index contributed by atoms with van der Waals surface area (Å²) in [5, 5.41) is 6.30. The summed E-state index contributed by atoms with van der Waals surface area (Å²) in [6.45, 7) is 5.74. The van der Waals surface area contributed by atoms with Crippen LogP contribution in [0, 0.1) is 0 Å². The highest BCUT2D eigenvalue weighted by Crippen LogP contribution is 2.33. The van der Waals surface area contributed by atoms with Gasteiger partial charge in [0, 0.05) is 19.0 Å². The largest absolute Gasteiger partial charge is 0.355 e. The van der Waals surface area contributed by atoms with Crippen molar-refractivity contribution in [3.8, 4) is 0 Å². The lowest BCUT2D eigenvalue weighted by Crippen LogP contribution is -2.44. The molecule has 1 aliphatic rings. The maximum atomic E-state index is 11.8. The first-order chi connectivity index (χ1) is 9.22. The maximum absolute atomic E-state index is 11.8. The van der Waals surface area contributed by atoms with Gasteiger partial charge in [-0.15, -0.1) is 0 Å². The summed E-state index contributed by atoms with van der Waals surface area (Å²) in [6, 6.07) is 8.45. The van der Waals surface area contributed by atoms with Crippen molar-refractivity contribution >= 4 is 5.91 Å². The smallest absolute Gasteiger partial charge is 0.236 e. The lowest BCUT2D eigenvalue weighted by molar-refractivity contribution is -0.122. The summed E-state index contributed by atoms with van der Waals surface area (Å²) in [5.41, 5.74) is 2.89. The molecule has 0 fully saturated rings. The van der Waals surface area contributed by atoms with Crippen LogP contribution in [-0.4, -0.2) is 25.0 Å². The van der Waals surface area contributed by atoms with Crippen molar-refractivity contribution in [2.24, 2.45) is 0 Å². The Morgan fingerprint density at radius 2 is 2.21 bits per heavy atom. The number of amides is 1. The van der Waals surface area contributed by atoms with Gasteiger partial charge in [-0.05, 0) is 30.9 Å². The van der Waals surface area contributed by atoms with E-state index < -0.39 is 0 Å². The summed E-state index contributed by atoms with van der Waals surface area (Å²) >= 11 is 0. The van der Waals surface area contributed by atoms with Gasteiger partial charge >= 0.3 is 0 Å². The van der Waals surface area contributed by atoms with E-state index in [0.29, 0.717) is 5.92 Å². The Kier molecular flexibility index (Phi) is 4.97. The number of carbonyl (C=O) groups excluding carboxylic acids is 1. The normalized spacial score (nSPS) is 18.3. The SMILES string of the molecule is CCCCNC(=O)C(C)NCC1Cc2ccccc21. The molecule has 0 bridgehead atoms. The number of rotatable bonds is 7. The van der Waals surface area contributed by atoms with Crippen LogP contribution in [0.2, 0.25) is 0 Å². The Labute approximate surface area is 115 Å². The second-order valence-corrected chi connectivity index (χ2v) is 5.37. The highest BCUT2D eigenvalue weighted by atomic mass is 16.2. The van der Waals surface area contributed by atoms with Gasteiger partial charge in [0.25, 0.3) is 0 Å². The van der Waals surface area contributed by atoms with Crippen molar-refractivity contribution in [2.75, 3.05) is 13.1 Å². The zero-order chi connectivity index (χ0) is 13.7. The van der Waals surface area contributed by atoms with Gasteiger partial charge in [0.1, 0.15) is 0 Å². The minimum atomic E-state index is -0.107. The summed E-state index contributed by atoms with van der Waals surface area (Å²) < 4.78 is 0. The van der Waals surface area contributed by atoms with Crippen molar-refractivity contribution in [1.82, 2.24) is 10.6 Å². The van der Waals surface area contributed by atoms with Crippen LogP contribution in [0.4, 0.5) is 0 Å².